The van der Waals surface area contributed by atoms with Gasteiger partial charge in [0.15, 0.2) is 0 Å². The molecule has 3 nitrogen and oxygen atoms in total. The summed E-state index contributed by atoms with van der Waals surface area (Å²) in [6.45, 7) is 11.0. The summed E-state index contributed by atoms with van der Waals surface area (Å²) in [6.07, 6.45) is 4.43. The molecule has 0 bridgehead atoms. The van der Waals surface area contributed by atoms with Crippen LogP contribution in [-0.4, -0.2) is 22.5 Å². The molecule has 4 heteroatoms. The highest BCUT2D eigenvalue weighted by molar-refractivity contribution is 7.11. The first-order valence-electron chi connectivity index (χ1n) is 7.52. The van der Waals surface area contributed by atoms with Crippen LogP contribution in [-0.2, 0) is 18.4 Å². The van der Waals surface area contributed by atoms with E-state index < -0.39 is 0 Å². The van der Waals surface area contributed by atoms with E-state index in [1.54, 1.807) is 11.3 Å². The van der Waals surface area contributed by atoms with E-state index in [-0.39, 0.29) is 5.41 Å². The van der Waals surface area contributed by atoms with E-state index in [4.69, 9.17) is 10.2 Å². The number of likely N-dealkylation sites (tertiary alicyclic amines) is 1. The lowest BCUT2D eigenvalue weighted by Crippen LogP contribution is -2.36. The van der Waals surface area contributed by atoms with E-state index in [1.807, 2.05) is 0 Å². The molecular formula is C16H25N3S. The van der Waals surface area contributed by atoms with Gasteiger partial charge < -0.3 is 0 Å². The molecular weight excluding hydrogens is 266 g/mol. The maximum atomic E-state index is 9.00. The van der Waals surface area contributed by atoms with E-state index in [9.17, 15) is 0 Å². The van der Waals surface area contributed by atoms with Crippen LogP contribution in [0, 0.1) is 11.3 Å². The molecule has 110 valence electrons. The van der Waals surface area contributed by atoms with Crippen molar-refractivity contribution in [3.8, 4) is 6.07 Å². The van der Waals surface area contributed by atoms with Crippen LogP contribution in [0.5, 0.6) is 0 Å². The van der Waals surface area contributed by atoms with Gasteiger partial charge in [0.25, 0.3) is 0 Å². The summed E-state index contributed by atoms with van der Waals surface area (Å²) < 4.78 is 0. The summed E-state index contributed by atoms with van der Waals surface area (Å²) in [4.78, 5) is 8.54. The van der Waals surface area contributed by atoms with Crippen LogP contribution < -0.4 is 0 Å². The molecule has 1 unspecified atom stereocenters. The lowest BCUT2D eigenvalue weighted by molar-refractivity contribution is 0.152. The molecule has 0 aliphatic carbocycles. The zero-order chi connectivity index (χ0) is 14.8. The fourth-order valence-corrected chi connectivity index (χ4v) is 4.05. The van der Waals surface area contributed by atoms with Gasteiger partial charge in [-0.15, -0.1) is 11.3 Å². The highest BCUT2D eigenvalue weighted by Crippen LogP contribution is 2.31. The minimum atomic E-state index is 0.0223. The first-order chi connectivity index (χ1) is 9.41. The van der Waals surface area contributed by atoms with Gasteiger partial charge in [-0.3, -0.25) is 4.90 Å². The second kappa shape index (κ2) is 6.24. The van der Waals surface area contributed by atoms with E-state index in [2.05, 4.69) is 38.7 Å². The third-order valence-electron chi connectivity index (χ3n) is 3.97. The second-order valence-corrected chi connectivity index (χ2v) is 7.95. The van der Waals surface area contributed by atoms with E-state index in [0.717, 1.165) is 17.1 Å². The third kappa shape index (κ3) is 3.59. The van der Waals surface area contributed by atoms with Crippen molar-refractivity contribution in [1.29, 1.82) is 5.26 Å². The molecule has 1 aromatic heterocycles. The number of piperidine rings is 1. The highest BCUT2D eigenvalue weighted by atomic mass is 32.1. The highest BCUT2D eigenvalue weighted by Gasteiger charge is 2.25. The van der Waals surface area contributed by atoms with Crippen LogP contribution in [0.15, 0.2) is 0 Å². The van der Waals surface area contributed by atoms with Gasteiger partial charge in [0.05, 0.1) is 24.7 Å². The topological polar surface area (TPSA) is 39.9 Å². The summed E-state index contributed by atoms with van der Waals surface area (Å²) in [5.41, 5.74) is 1.14. The maximum Gasteiger partial charge on any atom is 0.107 e. The quantitative estimate of drug-likeness (QED) is 0.848. The SMILES string of the molecule is CC1CCCCN1Cc1nc(C(C)(C)C)c(CC#N)s1. The molecule has 1 aromatic rings. The van der Waals surface area contributed by atoms with Crippen LogP contribution in [0.25, 0.3) is 0 Å². The van der Waals surface area contributed by atoms with Crippen molar-refractivity contribution in [2.75, 3.05) is 6.54 Å². The third-order valence-corrected chi connectivity index (χ3v) is 5.01. The average Bonchev–Trinajstić information content (AvgIpc) is 2.76. The van der Waals surface area contributed by atoms with Crippen molar-refractivity contribution in [3.63, 3.8) is 0 Å². The number of thiazole rings is 1. The Morgan fingerprint density at radius 2 is 2.15 bits per heavy atom. The summed E-state index contributed by atoms with van der Waals surface area (Å²) >= 11 is 1.73. The van der Waals surface area contributed by atoms with Crippen molar-refractivity contribution in [2.45, 2.75) is 71.4 Å². The van der Waals surface area contributed by atoms with E-state index >= 15 is 0 Å². The zero-order valence-electron chi connectivity index (χ0n) is 13.1. The van der Waals surface area contributed by atoms with Crippen LogP contribution in [0.2, 0.25) is 0 Å². The van der Waals surface area contributed by atoms with Gasteiger partial charge in [-0.05, 0) is 26.3 Å². The lowest BCUT2D eigenvalue weighted by atomic mass is 9.91. The number of hydrogen-bond donors (Lipinski definition) is 0. The van der Waals surface area contributed by atoms with Crippen LogP contribution in [0.1, 0.15) is 62.5 Å². The fraction of sp³-hybridized carbons (Fsp3) is 0.750. The normalized spacial score (nSPS) is 20.9. The number of hydrogen-bond acceptors (Lipinski definition) is 4. The molecule has 1 atom stereocenters. The van der Waals surface area contributed by atoms with Gasteiger partial charge in [0.1, 0.15) is 5.01 Å². The number of rotatable bonds is 3. The van der Waals surface area contributed by atoms with E-state index in [1.165, 1.54) is 30.8 Å². The van der Waals surface area contributed by atoms with Crippen molar-refractivity contribution >= 4 is 11.3 Å². The van der Waals surface area contributed by atoms with Gasteiger partial charge in [-0.25, -0.2) is 4.98 Å². The Morgan fingerprint density at radius 1 is 1.40 bits per heavy atom. The number of nitrogens with zero attached hydrogens (tertiary/aromatic N) is 3. The Hall–Kier alpha value is -0.920. The fourth-order valence-electron chi connectivity index (χ4n) is 2.81. The molecule has 0 radical (unpaired) electrons. The molecule has 0 N–H and O–H groups in total. The summed E-state index contributed by atoms with van der Waals surface area (Å²) in [7, 11) is 0. The first-order valence-corrected chi connectivity index (χ1v) is 8.33. The predicted octanol–water partition coefficient (Wildman–Crippen LogP) is 3.88. The van der Waals surface area contributed by atoms with Crippen LogP contribution in [0.4, 0.5) is 0 Å². The predicted molar refractivity (Wildman–Crippen MR) is 83.9 cm³/mol. The van der Waals surface area contributed by atoms with Gasteiger partial charge >= 0.3 is 0 Å². The minimum absolute atomic E-state index is 0.0223. The first kappa shape index (κ1) is 15.5. The molecule has 0 spiro atoms. The minimum Gasteiger partial charge on any atom is -0.294 e. The van der Waals surface area contributed by atoms with Gasteiger partial charge in [0.2, 0.25) is 0 Å². The number of aromatic nitrogens is 1. The summed E-state index contributed by atoms with van der Waals surface area (Å²) in [5.74, 6) is 0. The molecule has 2 heterocycles. The zero-order valence-corrected chi connectivity index (χ0v) is 13.9. The Kier molecular flexibility index (Phi) is 4.82. The molecule has 1 fully saturated rings. The lowest BCUT2D eigenvalue weighted by Gasteiger charge is -2.32. The summed E-state index contributed by atoms with van der Waals surface area (Å²) in [5, 5.41) is 10.2. The molecule has 0 aromatic carbocycles. The summed E-state index contributed by atoms with van der Waals surface area (Å²) in [6, 6.07) is 2.94. The van der Waals surface area contributed by atoms with Gasteiger partial charge in [0, 0.05) is 16.3 Å². The Morgan fingerprint density at radius 3 is 2.75 bits per heavy atom. The Bertz CT molecular complexity index is 493. The monoisotopic (exact) mass is 291 g/mol. The average molecular weight is 291 g/mol. The maximum absolute atomic E-state index is 9.00. The standard InChI is InChI=1S/C16H25N3S/c1-12-7-5-6-10-19(12)11-14-18-15(16(2,3)4)13(20-14)8-9-17/h12H,5-8,10-11H2,1-4H3. The van der Waals surface area contributed by atoms with Crippen LogP contribution >= 0.6 is 11.3 Å². The van der Waals surface area contributed by atoms with Crippen molar-refractivity contribution in [2.24, 2.45) is 0 Å². The molecule has 0 amide bonds. The smallest absolute Gasteiger partial charge is 0.107 e. The largest absolute Gasteiger partial charge is 0.294 e. The van der Waals surface area contributed by atoms with E-state index in [0.29, 0.717) is 12.5 Å². The van der Waals surface area contributed by atoms with Crippen molar-refractivity contribution in [3.05, 3.63) is 15.6 Å². The van der Waals surface area contributed by atoms with Crippen LogP contribution in [0.3, 0.4) is 0 Å². The molecule has 1 saturated heterocycles. The van der Waals surface area contributed by atoms with Crippen molar-refractivity contribution < 1.29 is 0 Å². The molecule has 20 heavy (non-hydrogen) atoms. The number of nitriles is 1. The molecule has 1 aliphatic rings. The second-order valence-electron chi connectivity index (χ2n) is 6.78. The van der Waals surface area contributed by atoms with Crippen molar-refractivity contribution in [1.82, 2.24) is 9.88 Å². The Balaban J connectivity index is 2.18. The Labute approximate surface area is 126 Å². The molecule has 0 saturated carbocycles. The van der Waals surface area contributed by atoms with Gasteiger partial charge in [-0.2, -0.15) is 5.26 Å². The van der Waals surface area contributed by atoms with Gasteiger partial charge in [-0.1, -0.05) is 27.2 Å². The molecule has 1 aliphatic heterocycles. The molecule has 2 rings (SSSR count).